The Bertz CT molecular complexity index is 281. The van der Waals surface area contributed by atoms with Crippen LogP contribution >= 0.6 is 0 Å². The van der Waals surface area contributed by atoms with Crippen LogP contribution in [-0.4, -0.2) is 11.1 Å². The molecule has 0 aromatic heterocycles. The van der Waals surface area contributed by atoms with Crippen molar-refractivity contribution < 1.29 is 45.7 Å². The number of nitrogens with zero attached hydrogens (tertiary/aromatic N) is 1. The number of unbranched alkanes of at least 4 members (excludes halogenated alkanes) is 12. The van der Waals surface area contributed by atoms with Gasteiger partial charge < -0.3 is 1.43 Å². The topological polar surface area (TPSA) is 69.4 Å². The van der Waals surface area contributed by atoms with Gasteiger partial charge in [0.15, 0.2) is 0 Å². The average molecular weight is 325 g/mol. The molecule has 0 atom stereocenters. The molecule has 0 saturated heterocycles. The van der Waals surface area contributed by atoms with Crippen molar-refractivity contribution in [2.45, 2.75) is 96.8 Å². The molecule has 0 heterocycles. The standard InChI is InChI=1S/C16H31NO4.Na.H/c1-2-3-4-5-6-7-8-9-10-11-12-13-14-15-16(18)21-17(19)20;;/h2-15H2,1H3;;/q;+1;-1. The van der Waals surface area contributed by atoms with E-state index in [2.05, 4.69) is 11.8 Å². The van der Waals surface area contributed by atoms with Crippen LogP contribution in [0.25, 0.3) is 0 Å². The van der Waals surface area contributed by atoms with Gasteiger partial charge in [0, 0.05) is 6.42 Å². The molecule has 0 aliphatic rings. The summed E-state index contributed by atoms with van der Waals surface area (Å²) < 4.78 is 0. The normalized spacial score (nSPS) is 10.0. The molecule has 0 amide bonds. The van der Waals surface area contributed by atoms with Gasteiger partial charge in [-0.2, -0.15) is 0 Å². The predicted octanol–water partition coefficient (Wildman–Crippen LogP) is 2.32. The van der Waals surface area contributed by atoms with Crippen molar-refractivity contribution in [1.29, 1.82) is 0 Å². The molecule has 0 aromatic rings. The van der Waals surface area contributed by atoms with Gasteiger partial charge in [-0.15, -0.1) is 10.1 Å². The van der Waals surface area contributed by atoms with Crippen LogP contribution in [0.5, 0.6) is 0 Å². The minimum absolute atomic E-state index is 0. The Hall–Kier alpha value is -0.130. The average Bonchev–Trinajstić information content (AvgIpc) is 2.43. The molecule has 0 bridgehead atoms. The summed E-state index contributed by atoms with van der Waals surface area (Å²) >= 11 is 0. The third-order valence-electron chi connectivity index (χ3n) is 3.66. The summed E-state index contributed by atoms with van der Waals surface area (Å²) in [6.45, 7) is 2.24. The van der Waals surface area contributed by atoms with E-state index in [1.165, 1.54) is 64.2 Å². The minimum atomic E-state index is -1.04. The van der Waals surface area contributed by atoms with Gasteiger partial charge in [-0.05, 0) is 6.42 Å². The SMILES string of the molecule is CCCCCCCCCCCCCCCC(=O)O[N+](=O)[O-].[H-].[Na+]. The van der Waals surface area contributed by atoms with Gasteiger partial charge in [0.25, 0.3) is 0 Å². The van der Waals surface area contributed by atoms with Gasteiger partial charge in [0.05, 0.1) is 0 Å². The van der Waals surface area contributed by atoms with Gasteiger partial charge in [-0.1, -0.05) is 84.0 Å². The van der Waals surface area contributed by atoms with Crippen molar-refractivity contribution in [2.24, 2.45) is 0 Å². The van der Waals surface area contributed by atoms with Crippen LogP contribution in [0.1, 0.15) is 98.2 Å². The molecular formula is C16H32NNaO4. The zero-order valence-electron chi connectivity index (χ0n) is 15.5. The quantitative estimate of drug-likeness (QED) is 0.200. The molecule has 0 aromatic carbocycles. The molecule has 22 heavy (non-hydrogen) atoms. The first-order chi connectivity index (χ1) is 10.2. The summed E-state index contributed by atoms with van der Waals surface area (Å²) in [5.74, 6) is -0.733. The van der Waals surface area contributed by atoms with E-state index >= 15 is 0 Å². The van der Waals surface area contributed by atoms with Crippen LogP contribution in [-0.2, 0) is 9.63 Å². The second kappa shape index (κ2) is 18.9. The van der Waals surface area contributed by atoms with E-state index in [9.17, 15) is 14.9 Å². The summed E-state index contributed by atoms with van der Waals surface area (Å²) in [7, 11) is 0. The third kappa shape index (κ3) is 19.9. The van der Waals surface area contributed by atoms with Crippen molar-refractivity contribution in [3.63, 3.8) is 0 Å². The number of carbonyl (C=O) groups excluding carboxylic acids is 1. The molecule has 126 valence electrons. The monoisotopic (exact) mass is 325 g/mol. The van der Waals surface area contributed by atoms with Crippen LogP contribution in [0.3, 0.4) is 0 Å². The number of hydrogen-bond donors (Lipinski definition) is 0. The zero-order valence-corrected chi connectivity index (χ0v) is 16.5. The van der Waals surface area contributed by atoms with Gasteiger partial charge in [-0.3, -0.25) is 4.79 Å². The molecule has 0 aliphatic carbocycles. The van der Waals surface area contributed by atoms with Crippen LogP contribution in [0, 0.1) is 10.1 Å². The molecule has 5 nitrogen and oxygen atoms in total. The maximum Gasteiger partial charge on any atom is 1.00 e. The second-order valence-corrected chi connectivity index (χ2v) is 5.68. The van der Waals surface area contributed by atoms with Crippen molar-refractivity contribution in [3.05, 3.63) is 10.1 Å². The van der Waals surface area contributed by atoms with E-state index in [1.54, 1.807) is 0 Å². The fourth-order valence-electron chi connectivity index (χ4n) is 2.42. The Morgan fingerprint density at radius 2 is 1.23 bits per heavy atom. The molecule has 0 spiro atoms. The van der Waals surface area contributed by atoms with Crippen LogP contribution in [0.15, 0.2) is 0 Å². The van der Waals surface area contributed by atoms with E-state index in [4.69, 9.17) is 0 Å². The third-order valence-corrected chi connectivity index (χ3v) is 3.66. The van der Waals surface area contributed by atoms with E-state index in [0.717, 1.165) is 12.8 Å². The van der Waals surface area contributed by atoms with E-state index < -0.39 is 11.1 Å². The maximum absolute atomic E-state index is 10.9. The van der Waals surface area contributed by atoms with E-state index in [-0.39, 0.29) is 37.4 Å². The first-order valence-electron chi connectivity index (χ1n) is 8.52. The molecule has 0 radical (unpaired) electrons. The summed E-state index contributed by atoms with van der Waals surface area (Å²) in [6.07, 6.45) is 16.2. The van der Waals surface area contributed by atoms with Gasteiger partial charge in [0.1, 0.15) is 0 Å². The first-order valence-corrected chi connectivity index (χ1v) is 8.52. The largest absolute Gasteiger partial charge is 1.00 e. The molecule has 0 aliphatic heterocycles. The van der Waals surface area contributed by atoms with Crippen molar-refractivity contribution in [2.75, 3.05) is 0 Å². The van der Waals surface area contributed by atoms with Crippen molar-refractivity contribution in [1.82, 2.24) is 0 Å². The number of hydrogen-bond acceptors (Lipinski definition) is 4. The molecular weight excluding hydrogens is 293 g/mol. The molecule has 0 saturated carbocycles. The van der Waals surface area contributed by atoms with Crippen molar-refractivity contribution >= 4 is 5.97 Å². The first kappa shape index (κ1) is 24.1. The van der Waals surface area contributed by atoms with Crippen molar-refractivity contribution in [3.8, 4) is 0 Å². The Kier molecular flexibility index (Phi) is 20.7. The van der Waals surface area contributed by atoms with Crippen LogP contribution in [0.2, 0.25) is 0 Å². The molecule has 0 unspecified atom stereocenters. The van der Waals surface area contributed by atoms with E-state index in [1.807, 2.05) is 0 Å². The summed E-state index contributed by atoms with van der Waals surface area (Å²) in [6, 6.07) is 0. The minimum Gasteiger partial charge on any atom is -1.00 e. The Labute approximate surface area is 158 Å². The molecule has 0 N–H and O–H groups in total. The fraction of sp³-hybridized carbons (Fsp3) is 0.938. The summed E-state index contributed by atoms with van der Waals surface area (Å²) in [5.41, 5.74) is 0. The van der Waals surface area contributed by atoms with Gasteiger partial charge in [0.2, 0.25) is 0 Å². The van der Waals surface area contributed by atoms with Gasteiger partial charge in [-0.25, -0.2) is 4.84 Å². The Morgan fingerprint density at radius 1 is 0.864 bits per heavy atom. The van der Waals surface area contributed by atoms with Crippen LogP contribution in [0.4, 0.5) is 0 Å². The number of carbonyl (C=O) groups is 1. The summed E-state index contributed by atoms with van der Waals surface area (Å²) in [5, 5.41) is 8.87. The smallest absolute Gasteiger partial charge is 1.00 e. The van der Waals surface area contributed by atoms with Gasteiger partial charge >= 0.3 is 40.6 Å². The summed E-state index contributed by atoms with van der Waals surface area (Å²) in [4.78, 5) is 24.6. The predicted molar refractivity (Wildman–Crippen MR) is 84.5 cm³/mol. The zero-order chi connectivity index (χ0) is 15.8. The fourth-order valence-corrected chi connectivity index (χ4v) is 2.42. The molecule has 0 fully saturated rings. The number of rotatable bonds is 15. The Morgan fingerprint density at radius 3 is 1.59 bits per heavy atom. The molecule has 0 rings (SSSR count). The molecule has 6 heteroatoms. The Balaban J connectivity index is -0.00000200. The maximum atomic E-state index is 10.9. The second-order valence-electron chi connectivity index (χ2n) is 5.68. The van der Waals surface area contributed by atoms with Crippen LogP contribution < -0.4 is 29.6 Å². The van der Waals surface area contributed by atoms with E-state index in [0.29, 0.717) is 6.42 Å².